The van der Waals surface area contributed by atoms with Crippen LogP contribution in [0.2, 0.25) is 10.0 Å². The first-order valence-corrected chi connectivity index (χ1v) is 10.1. The van der Waals surface area contributed by atoms with Crippen molar-refractivity contribution in [2.24, 2.45) is 0 Å². The molecule has 0 aliphatic rings. The van der Waals surface area contributed by atoms with Crippen LogP contribution in [0.3, 0.4) is 0 Å². The van der Waals surface area contributed by atoms with Crippen molar-refractivity contribution in [3.63, 3.8) is 0 Å². The Morgan fingerprint density at radius 1 is 1.23 bits per heavy atom. The van der Waals surface area contributed by atoms with Gasteiger partial charge in [-0.1, -0.05) is 23.2 Å². The molecule has 3 rings (SSSR count). The molecule has 0 aliphatic carbocycles. The largest absolute Gasteiger partial charge is 0.481 e. The molecule has 0 aliphatic heterocycles. The number of amides is 1. The molecule has 0 fully saturated rings. The molecular formula is C17H14Cl2N2O3S2. The van der Waals surface area contributed by atoms with Gasteiger partial charge in [0.05, 0.1) is 33.4 Å². The molecule has 2 heterocycles. The first-order valence-electron chi connectivity index (χ1n) is 7.66. The van der Waals surface area contributed by atoms with Gasteiger partial charge < -0.3 is 10.0 Å². The monoisotopic (exact) mass is 428 g/mol. The van der Waals surface area contributed by atoms with E-state index in [-0.39, 0.29) is 25.3 Å². The number of halogens is 2. The lowest BCUT2D eigenvalue weighted by atomic mass is 10.2. The lowest BCUT2D eigenvalue weighted by molar-refractivity contribution is -0.138. The van der Waals surface area contributed by atoms with Gasteiger partial charge in [0.1, 0.15) is 10.5 Å². The van der Waals surface area contributed by atoms with Crippen LogP contribution in [0.25, 0.3) is 10.2 Å². The molecule has 0 saturated heterocycles. The van der Waals surface area contributed by atoms with E-state index in [0.29, 0.717) is 20.6 Å². The molecule has 1 aromatic carbocycles. The number of rotatable bonds is 6. The maximum atomic E-state index is 12.6. The Balaban J connectivity index is 1.93. The van der Waals surface area contributed by atoms with Crippen molar-refractivity contribution in [2.45, 2.75) is 26.3 Å². The third kappa shape index (κ3) is 4.01. The van der Waals surface area contributed by atoms with E-state index in [2.05, 4.69) is 4.98 Å². The van der Waals surface area contributed by atoms with Crippen molar-refractivity contribution < 1.29 is 14.7 Å². The normalized spacial score (nSPS) is 11.0. The number of nitrogens with zero attached hydrogens (tertiary/aromatic N) is 2. The number of anilines is 1. The van der Waals surface area contributed by atoms with Crippen LogP contribution in [0.5, 0.6) is 0 Å². The van der Waals surface area contributed by atoms with E-state index in [9.17, 15) is 9.59 Å². The predicted octanol–water partition coefficient (Wildman–Crippen LogP) is 5.37. The highest BCUT2D eigenvalue weighted by Crippen LogP contribution is 2.35. The van der Waals surface area contributed by atoms with Crippen LogP contribution in [0.4, 0.5) is 5.69 Å². The van der Waals surface area contributed by atoms with Gasteiger partial charge in [-0.05, 0) is 30.5 Å². The number of hydrogen-bond donors (Lipinski definition) is 1. The number of hydrogen-bond acceptors (Lipinski definition) is 5. The van der Waals surface area contributed by atoms with Gasteiger partial charge >= 0.3 is 5.97 Å². The second-order valence-electron chi connectivity index (χ2n) is 5.55. The second-order valence-corrected chi connectivity index (χ2v) is 8.57. The fraction of sp³-hybridized carbons (Fsp3) is 0.235. The average molecular weight is 429 g/mol. The summed E-state index contributed by atoms with van der Waals surface area (Å²) in [4.78, 5) is 30.5. The number of carbonyl (C=O) groups excluding carboxylic acids is 1. The number of aryl methyl sites for hydroxylation is 1. The Morgan fingerprint density at radius 2 is 2.00 bits per heavy atom. The van der Waals surface area contributed by atoms with E-state index in [1.54, 1.807) is 11.0 Å². The zero-order valence-electron chi connectivity index (χ0n) is 13.7. The van der Waals surface area contributed by atoms with Crippen LogP contribution in [0, 0.1) is 6.92 Å². The van der Waals surface area contributed by atoms with Crippen molar-refractivity contribution in [1.29, 1.82) is 0 Å². The number of carbonyl (C=O) groups is 2. The van der Waals surface area contributed by atoms with Crippen molar-refractivity contribution in [1.82, 2.24) is 4.98 Å². The molecule has 1 N–H and O–H groups in total. The minimum atomic E-state index is -0.998. The van der Waals surface area contributed by atoms with E-state index in [4.69, 9.17) is 28.3 Å². The van der Waals surface area contributed by atoms with Crippen LogP contribution >= 0.6 is 45.9 Å². The summed E-state index contributed by atoms with van der Waals surface area (Å²) in [6.07, 6.45) is -0.276. The summed E-state index contributed by atoms with van der Waals surface area (Å²) < 4.78 is 0.884. The Morgan fingerprint density at radius 3 is 2.65 bits per heavy atom. The Bertz CT molecular complexity index is 984. The van der Waals surface area contributed by atoms with E-state index in [1.165, 1.54) is 22.7 Å². The average Bonchev–Trinajstić information content (AvgIpc) is 3.20. The zero-order valence-corrected chi connectivity index (χ0v) is 16.8. The molecule has 5 nitrogen and oxygen atoms in total. The number of carboxylic acids is 1. The maximum absolute atomic E-state index is 12.6. The van der Waals surface area contributed by atoms with Crippen molar-refractivity contribution >= 4 is 73.7 Å². The smallest absolute Gasteiger partial charge is 0.303 e. The van der Waals surface area contributed by atoms with Crippen LogP contribution in [0.1, 0.15) is 22.7 Å². The van der Waals surface area contributed by atoms with Crippen molar-refractivity contribution in [3.05, 3.63) is 43.5 Å². The Kier molecular flexibility index (Phi) is 5.82. The van der Waals surface area contributed by atoms with E-state index >= 15 is 0 Å². The Hall–Kier alpha value is -1.67. The molecule has 9 heteroatoms. The highest BCUT2D eigenvalue weighted by Gasteiger charge is 2.21. The number of thiophene rings is 1. The van der Waals surface area contributed by atoms with E-state index < -0.39 is 5.97 Å². The molecular weight excluding hydrogens is 415 g/mol. The van der Waals surface area contributed by atoms with E-state index in [1.807, 2.05) is 24.4 Å². The summed E-state index contributed by atoms with van der Waals surface area (Å²) in [5, 5.41) is 12.3. The van der Waals surface area contributed by atoms with Gasteiger partial charge in [-0.15, -0.1) is 22.7 Å². The third-order valence-electron chi connectivity index (χ3n) is 3.77. The van der Waals surface area contributed by atoms with Gasteiger partial charge in [0.2, 0.25) is 5.91 Å². The minimum absolute atomic E-state index is 0.0674. The predicted molar refractivity (Wildman–Crippen MR) is 107 cm³/mol. The highest BCUT2D eigenvalue weighted by atomic mass is 35.5. The van der Waals surface area contributed by atoms with Crippen molar-refractivity contribution in [2.75, 3.05) is 4.90 Å². The molecule has 2 aromatic heterocycles. The number of carboxylic acid groups (broad SMARTS) is 1. The summed E-state index contributed by atoms with van der Waals surface area (Å²) in [5.74, 6) is -1.25. The lowest BCUT2D eigenvalue weighted by Crippen LogP contribution is -2.30. The topological polar surface area (TPSA) is 70.5 Å². The number of benzene rings is 1. The molecule has 0 spiro atoms. The van der Waals surface area contributed by atoms with E-state index in [0.717, 1.165) is 15.3 Å². The molecule has 26 heavy (non-hydrogen) atoms. The Labute approximate surface area is 167 Å². The summed E-state index contributed by atoms with van der Waals surface area (Å²) >= 11 is 15.2. The lowest BCUT2D eigenvalue weighted by Gasteiger charge is -2.21. The van der Waals surface area contributed by atoms with Gasteiger partial charge in [0, 0.05) is 11.3 Å². The number of thiazole rings is 1. The number of fused-ring (bicyclic) bond motifs is 1. The summed E-state index contributed by atoms with van der Waals surface area (Å²) in [7, 11) is 0. The van der Waals surface area contributed by atoms with Crippen LogP contribution in [0.15, 0.2) is 23.6 Å². The molecule has 1 amide bonds. The number of aliphatic carboxylic acids is 1. The van der Waals surface area contributed by atoms with Gasteiger partial charge in [0.25, 0.3) is 0 Å². The highest BCUT2D eigenvalue weighted by molar-refractivity contribution is 7.18. The molecule has 0 atom stereocenters. The number of aromatic nitrogens is 1. The first kappa shape index (κ1) is 19.1. The van der Waals surface area contributed by atoms with Crippen LogP contribution in [-0.4, -0.2) is 22.0 Å². The summed E-state index contributed by atoms with van der Waals surface area (Å²) in [5.41, 5.74) is 1.38. The fourth-order valence-corrected chi connectivity index (χ4v) is 4.58. The fourth-order valence-electron chi connectivity index (χ4n) is 2.50. The van der Waals surface area contributed by atoms with Gasteiger partial charge in [0.15, 0.2) is 0 Å². The summed E-state index contributed by atoms with van der Waals surface area (Å²) in [6.45, 7) is 2.18. The van der Waals surface area contributed by atoms with Crippen LogP contribution < -0.4 is 4.90 Å². The molecule has 0 saturated carbocycles. The molecule has 0 radical (unpaired) electrons. The van der Waals surface area contributed by atoms with Crippen LogP contribution in [-0.2, 0) is 16.1 Å². The van der Waals surface area contributed by atoms with Gasteiger partial charge in [-0.25, -0.2) is 4.98 Å². The summed E-state index contributed by atoms with van der Waals surface area (Å²) in [6, 6.07) is 5.42. The first-order chi connectivity index (χ1) is 12.4. The standard InChI is InChI=1S/C17H14Cl2N2O3S2/c1-9-11(6-7-25-9)21(14(22)4-5-15(23)24)8-13-20-17-12(26-13)3-2-10(18)16(17)19/h2-3,6-7H,4-5,8H2,1H3,(H,23,24). The minimum Gasteiger partial charge on any atom is -0.481 e. The zero-order chi connectivity index (χ0) is 18.8. The maximum Gasteiger partial charge on any atom is 0.303 e. The third-order valence-corrected chi connectivity index (χ3v) is 6.40. The molecule has 0 bridgehead atoms. The molecule has 3 aromatic rings. The quantitative estimate of drug-likeness (QED) is 0.572. The second kappa shape index (κ2) is 7.92. The van der Waals surface area contributed by atoms with Gasteiger partial charge in [-0.3, -0.25) is 9.59 Å². The molecule has 0 unspecified atom stereocenters. The van der Waals surface area contributed by atoms with Gasteiger partial charge in [-0.2, -0.15) is 0 Å². The molecule has 136 valence electrons. The SMILES string of the molecule is Cc1sccc1N(Cc1nc2c(Cl)c(Cl)ccc2s1)C(=O)CCC(=O)O. The van der Waals surface area contributed by atoms with Crippen molar-refractivity contribution in [3.8, 4) is 0 Å².